The van der Waals surface area contributed by atoms with Gasteiger partial charge in [0.1, 0.15) is 0 Å². The molecule has 0 heterocycles. The average molecular weight is 536 g/mol. The highest BCUT2D eigenvalue weighted by Crippen LogP contribution is 2.27. The molecular weight excluding hydrogens is 502 g/mol. The Bertz CT molecular complexity index is 879. The molecule has 0 saturated carbocycles. The number of sulfone groups is 1. The maximum atomic E-state index is 13.3. The van der Waals surface area contributed by atoms with E-state index in [1.807, 2.05) is 6.92 Å². The zero-order valence-electron chi connectivity index (χ0n) is 19.9. The SMILES string of the molecule is Cc1ccc(S(=O)(=O)CC(COCCC(=O)NO)(COCCC(=O)NO)COCCC(=O)NO)cc1. The number of carbonyl (C=O) groups is 3. The summed E-state index contributed by atoms with van der Waals surface area (Å²) in [5.74, 6) is -2.62. The first-order chi connectivity index (χ1) is 17.1. The van der Waals surface area contributed by atoms with Crippen LogP contribution in [0, 0.1) is 12.3 Å². The van der Waals surface area contributed by atoms with Crippen molar-refractivity contribution in [2.45, 2.75) is 31.1 Å². The molecule has 6 N–H and O–H groups in total. The Labute approximate surface area is 208 Å². The van der Waals surface area contributed by atoms with Crippen molar-refractivity contribution in [3.05, 3.63) is 29.8 Å². The number of nitrogens with one attached hydrogen (secondary N) is 3. The van der Waals surface area contributed by atoms with Crippen molar-refractivity contribution in [1.82, 2.24) is 16.4 Å². The van der Waals surface area contributed by atoms with Crippen LogP contribution in [0.2, 0.25) is 0 Å². The normalized spacial score (nSPS) is 11.7. The zero-order valence-corrected chi connectivity index (χ0v) is 20.7. The van der Waals surface area contributed by atoms with E-state index >= 15 is 0 Å². The van der Waals surface area contributed by atoms with Gasteiger partial charge in [-0.3, -0.25) is 30.0 Å². The summed E-state index contributed by atoms with van der Waals surface area (Å²) in [6, 6.07) is 6.21. The second-order valence-corrected chi connectivity index (χ2v) is 10.1. The van der Waals surface area contributed by atoms with Gasteiger partial charge in [-0.15, -0.1) is 0 Å². The number of rotatable bonds is 18. The van der Waals surface area contributed by atoms with Crippen LogP contribution in [0.3, 0.4) is 0 Å². The van der Waals surface area contributed by atoms with Crippen molar-refractivity contribution in [1.29, 1.82) is 0 Å². The summed E-state index contributed by atoms with van der Waals surface area (Å²) in [6.07, 6.45) is -0.606. The molecule has 3 amide bonds. The monoisotopic (exact) mass is 535 g/mol. The molecule has 204 valence electrons. The molecule has 0 radical (unpaired) electrons. The fourth-order valence-electron chi connectivity index (χ4n) is 3.01. The lowest BCUT2D eigenvalue weighted by Gasteiger charge is -2.33. The maximum Gasteiger partial charge on any atom is 0.245 e. The fourth-order valence-corrected chi connectivity index (χ4v) is 4.78. The van der Waals surface area contributed by atoms with E-state index in [1.54, 1.807) is 12.1 Å². The van der Waals surface area contributed by atoms with E-state index in [1.165, 1.54) is 28.6 Å². The minimum absolute atomic E-state index is 0.0523. The highest BCUT2D eigenvalue weighted by atomic mass is 32.2. The van der Waals surface area contributed by atoms with Gasteiger partial charge in [-0.25, -0.2) is 24.9 Å². The van der Waals surface area contributed by atoms with Crippen LogP contribution in [0.1, 0.15) is 24.8 Å². The Morgan fingerprint density at radius 2 is 1.11 bits per heavy atom. The number of aryl methyl sites for hydroxylation is 1. The third kappa shape index (κ3) is 11.9. The summed E-state index contributed by atoms with van der Waals surface area (Å²) in [4.78, 5) is 33.9. The molecule has 0 spiro atoms. The Morgan fingerprint density at radius 1 is 0.750 bits per heavy atom. The number of carbonyl (C=O) groups excluding carboxylic acids is 3. The summed E-state index contributed by atoms with van der Waals surface area (Å²) in [7, 11) is -3.91. The van der Waals surface area contributed by atoms with Crippen molar-refractivity contribution in [2.75, 3.05) is 45.4 Å². The predicted octanol–water partition coefficient (Wildman–Crippen LogP) is -0.509. The van der Waals surface area contributed by atoms with Crippen LogP contribution in [-0.2, 0) is 38.4 Å². The molecule has 0 unspecified atom stereocenters. The average Bonchev–Trinajstić information content (AvgIpc) is 2.86. The molecule has 0 aliphatic rings. The van der Waals surface area contributed by atoms with Crippen molar-refractivity contribution >= 4 is 27.6 Å². The number of benzene rings is 1. The lowest BCUT2D eigenvalue weighted by atomic mass is 9.93. The first-order valence-corrected chi connectivity index (χ1v) is 12.5. The van der Waals surface area contributed by atoms with Crippen molar-refractivity contribution < 1.29 is 52.6 Å². The summed E-state index contributed by atoms with van der Waals surface area (Å²) in [5.41, 5.74) is 3.91. The number of hydrogen-bond donors (Lipinski definition) is 6. The van der Waals surface area contributed by atoms with Gasteiger partial charge in [0.2, 0.25) is 17.7 Å². The molecule has 0 aliphatic carbocycles. The van der Waals surface area contributed by atoms with Crippen LogP contribution in [0.4, 0.5) is 0 Å². The molecule has 36 heavy (non-hydrogen) atoms. The zero-order chi connectivity index (χ0) is 27.0. The Kier molecular flexibility index (Phi) is 14.1. The van der Waals surface area contributed by atoms with Crippen molar-refractivity contribution in [2.24, 2.45) is 5.41 Å². The van der Waals surface area contributed by atoms with Crippen LogP contribution in [0.15, 0.2) is 29.2 Å². The predicted molar refractivity (Wildman–Crippen MR) is 122 cm³/mol. The summed E-state index contributed by atoms with van der Waals surface area (Å²) in [6.45, 7) is 0.582. The quantitative estimate of drug-likeness (QED) is 0.0801. The minimum atomic E-state index is -3.91. The molecular formula is C21H33N3O11S. The number of ether oxygens (including phenoxy) is 3. The summed E-state index contributed by atoms with van der Waals surface area (Å²) in [5, 5.41) is 25.9. The smallest absolute Gasteiger partial charge is 0.245 e. The van der Waals surface area contributed by atoms with Gasteiger partial charge in [0, 0.05) is 0 Å². The highest BCUT2D eigenvalue weighted by molar-refractivity contribution is 7.91. The topological polar surface area (TPSA) is 210 Å². The maximum absolute atomic E-state index is 13.3. The molecule has 1 rings (SSSR count). The fraction of sp³-hybridized carbons (Fsp3) is 0.571. The Balaban J connectivity index is 3.12. The summed E-state index contributed by atoms with van der Waals surface area (Å²) >= 11 is 0. The van der Waals surface area contributed by atoms with E-state index in [9.17, 15) is 22.8 Å². The van der Waals surface area contributed by atoms with E-state index in [0.717, 1.165) is 5.56 Å². The van der Waals surface area contributed by atoms with Gasteiger partial charge in [0.25, 0.3) is 0 Å². The van der Waals surface area contributed by atoms with Gasteiger partial charge in [0.05, 0.1) is 75.0 Å². The molecule has 0 saturated heterocycles. The summed E-state index contributed by atoms with van der Waals surface area (Å²) < 4.78 is 43.1. The van der Waals surface area contributed by atoms with Gasteiger partial charge in [0.15, 0.2) is 9.84 Å². The molecule has 0 fully saturated rings. The second kappa shape index (κ2) is 16.2. The van der Waals surface area contributed by atoms with Crippen molar-refractivity contribution in [3.63, 3.8) is 0 Å². The molecule has 15 heteroatoms. The third-order valence-electron chi connectivity index (χ3n) is 4.90. The van der Waals surface area contributed by atoms with Crippen LogP contribution in [0.25, 0.3) is 0 Å². The Morgan fingerprint density at radius 3 is 1.44 bits per heavy atom. The third-order valence-corrected chi connectivity index (χ3v) is 6.88. The van der Waals surface area contributed by atoms with Crippen LogP contribution in [0.5, 0.6) is 0 Å². The molecule has 0 bridgehead atoms. The van der Waals surface area contributed by atoms with Gasteiger partial charge in [-0.05, 0) is 19.1 Å². The second-order valence-electron chi connectivity index (χ2n) is 8.08. The lowest BCUT2D eigenvalue weighted by molar-refractivity contribution is -0.131. The molecule has 0 atom stereocenters. The lowest BCUT2D eigenvalue weighted by Crippen LogP contribution is -2.44. The van der Waals surface area contributed by atoms with Gasteiger partial charge in [-0.1, -0.05) is 17.7 Å². The highest BCUT2D eigenvalue weighted by Gasteiger charge is 2.38. The standard InChI is InChI=1S/C21H33N3O11S/c1-16-2-4-17(5-3-16)36(31,32)15-21(12-33-9-6-18(25)22-28,13-34-10-7-19(26)23-29)14-35-11-8-20(27)24-30/h2-5,28-30H,6-15H2,1H3,(H,22,25)(H,23,26)(H,24,27). The molecule has 0 aliphatic heterocycles. The van der Waals surface area contributed by atoms with E-state index in [2.05, 4.69) is 0 Å². The largest absolute Gasteiger partial charge is 0.380 e. The molecule has 0 aromatic heterocycles. The van der Waals surface area contributed by atoms with Crippen LogP contribution in [-0.4, -0.2) is 87.2 Å². The van der Waals surface area contributed by atoms with Gasteiger partial charge in [-0.2, -0.15) is 0 Å². The van der Waals surface area contributed by atoms with E-state index in [4.69, 9.17) is 29.8 Å². The van der Waals surface area contributed by atoms with E-state index in [0.29, 0.717) is 0 Å². The molecule has 14 nitrogen and oxygen atoms in total. The number of hydrogen-bond acceptors (Lipinski definition) is 11. The first kappa shape index (κ1) is 31.4. The van der Waals surface area contributed by atoms with Crippen LogP contribution < -0.4 is 16.4 Å². The number of amides is 3. The van der Waals surface area contributed by atoms with Gasteiger partial charge >= 0.3 is 0 Å². The first-order valence-electron chi connectivity index (χ1n) is 10.9. The van der Waals surface area contributed by atoms with Gasteiger partial charge < -0.3 is 14.2 Å². The van der Waals surface area contributed by atoms with Crippen LogP contribution >= 0.6 is 0 Å². The van der Waals surface area contributed by atoms with E-state index in [-0.39, 0.29) is 63.8 Å². The molecule has 1 aromatic carbocycles. The number of hydroxylamine groups is 3. The van der Waals surface area contributed by atoms with Crippen molar-refractivity contribution in [3.8, 4) is 0 Å². The minimum Gasteiger partial charge on any atom is -0.380 e. The molecule has 1 aromatic rings. The van der Waals surface area contributed by atoms with E-state index < -0.39 is 38.7 Å². The Hall–Kier alpha value is -2.66.